The van der Waals surface area contributed by atoms with Crippen molar-refractivity contribution < 1.29 is 4.79 Å². The van der Waals surface area contributed by atoms with E-state index in [2.05, 4.69) is 24.2 Å². The van der Waals surface area contributed by atoms with Gasteiger partial charge in [0.15, 0.2) is 0 Å². The second-order valence-electron chi connectivity index (χ2n) is 6.61. The molecule has 1 N–H and O–H groups in total. The van der Waals surface area contributed by atoms with E-state index in [0.29, 0.717) is 12.6 Å². The van der Waals surface area contributed by atoms with Crippen molar-refractivity contribution in [2.45, 2.75) is 51.5 Å². The third-order valence-electron chi connectivity index (χ3n) is 5.04. The number of carbonyl (C=O) groups is 1. The third-order valence-corrected chi connectivity index (χ3v) is 5.04. The lowest BCUT2D eigenvalue weighted by Gasteiger charge is -2.33. The highest BCUT2D eigenvalue weighted by Gasteiger charge is 2.22. The summed E-state index contributed by atoms with van der Waals surface area (Å²) in [7, 11) is 2.12. The van der Waals surface area contributed by atoms with Crippen LogP contribution >= 0.6 is 0 Å². The standard InChI is InChI=1S/C16H31N3O/c1-14(15-7-5-3-4-6-8-15)17-13-16(20)19-11-9-18(2)10-12-19/h14-15,17H,3-13H2,1-2H3/t14-/m0/s1. The molecule has 4 heteroatoms. The smallest absolute Gasteiger partial charge is 0.236 e. The summed E-state index contributed by atoms with van der Waals surface area (Å²) in [4.78, 5) is 16.5. The van der Waals surface area contributed by atoms with Crippen LogP contribution in [0, 0.1) is 5.92 Å². The molecule has 1 atom stereocenters. The minimum absolute atomic E-state index is 0.276. The van der Waals surface area contributed by atoms with Crippen LogP contribution in [0.1, 0.15) is 45.4 Å². The molecule has 1 aliphatic heterocycles. The highest BCUT2D eigenvalue weighted by molar-refractivity contribution is 5.78. The predicted molar refractivity (Wildman–Crippen MR) is 82.7 cm³/mol. The largest absolute Gasteiger partial charge is 0.339 e. The van der Waals surface area contributed by atoms with E-state index >= 15 is 0 Å². The molecule has 4 nitrogen and oxygen atoms in total. The molecule has 116 valence electrons. The van der Waals surface area contributed by atoms with Crippen molar-refractivity contribution in [3.63, 3.8) is 0 Å². The summed E-state index contributed by atoms with van der Waals surface area (Å²) in [6.07, 6.45) is 8.17. The molecule has 0 aromatic heterocycles. The Morgan fingerprint density at radius 1 is 1.10 bits per heavy atom. The third kappa shape index (κ3) is 4.74. The number of hydrogen-bond donors (Lipinski definition) is 1. The van der Waals surface area contributed by atoms with E-state index in [1.54, 1.807) is 0 Å². The molecule has 1 saturated heterocycles. The van der Waals surface area contributed by atoms with Gasteiger partial charge in [-0.3, -0.25) is 4.79 Å². The van der Waals surface area contributed by atoms with E-state index in [0.717, 1.165) is 32.1 Å². The Bertz CT molecular complexity index is 292. The fourth-order valence-corrected chi connectivity index (χ4v) is 3.39. The lowest BCUT2D eigenvalue weighted by atomic mass is 9.93. The molecule has 1 amide bonds. The zero-order chi connectivity index (χ0) is 14.4. The molecule has 1 heterocycles. The summed E-state index contributed by atoms with van der Waals surface area (Å²) in [5.41, 5.74) is 0. The van der Waals surface area contributed by atoms with E-state index in [1.165, 1.54) is 38.5 Å². The van der Waals surface area contributed by atoms with Crippen LogP contribution < -0.4 is 5.32 Å². The van der Waals surface area contributed by atoms with Crippen molar-refractivity contribution >= 4 is 5.91 Å². The van der Waals surface area contributed by atoms with Gasteiger partial charge in [0.2, 0.25) is 5.91 Å². The molecule has 1 aliphatic carbocycles. The zero-order valence-electron chi connectivity index (χ0n) is 13.2. The molecule has 0 unspecified atom stereocenters. The van der Waals surface area contributed by atoms with Crippen molar-refractivity contribution in [3.05, 3.63) is 0 Å². The Labute approximate surface area is 123 Å². The van der Waals surface area contributed by atoms with Crippen molar-refractivity contribution in [1.29, 1.82) is 0 Å². The van der Waals surface area contributed by atoms with Gasteiger partial charge in [-0.25, -0.2) is 0 Å². The lowest BCUT2D eigenvalue weighted by Crippen LogP contribution is -2.50. The maximum atomic E-state index is 12.2. The Morgan fingerprint density at radius 3 is 2.30 bits per heavy atom. The summed E-state index contributed by atoms with van der Waals surface area (Å²) >= 11 is 0. The van der Waals surface area contributed by atoms with E-state index < -0.39 is 0 Å². The number of likely N-dealkylation sites (N-methyl/N-ethyl adjacent to an activating group) is 1. The molecule has 1 saturated carbocycles. The minimum Gasteiger partial charge on any atom is -0.339 e. The van der Waals surface area contributed by atoms with Crippen LogP contribution in [-0.4, -0.2) is 61.5 Å². The van der Waals surface area contributed by atoms with Crippen LogP contribution in [0.25, 0.3) is 0 Å². The molecule has 0 aromatic rings. The fraction of sp³-hybridized carbons (Fsp3) is 0.938. The summed E-state index contributed by atoms with van der Waals surface area (Å²) in [6, 6.07) is 0.476. The number of nitrogens with zero attached hydrogens (tertiary/aromatic N) is 2. The van der Waals surface area contributed by atoms with Gasteiger partial charge in [0.05, 0.1) is 6.54 Å². The van der Waals surface area contributed by atoms with Gasteiger partial charge in [-0.05, 0) is 32.7 Å². The van der Waals surface area contributed by atoms with Crippen LogP contribution in [0.4, 0.5) is 0 Å². The quantitative estimate of drug-likeness (QED) is 0.797. The van der Waals surface area contributed by atoms with Crippen molar-refractivity contribution in [3.8, 4) is 0 Å². The molecule has 20 heavy (non-hydrogen) atoms. The first-order valence-electron chi connectivity index (χ1n) is 8.36. The van der Waals surface area contributed by atoms with Gasteiger partial charge < -0.3 is 15.1 Å². The maximum Gasteiger partial charge on any atom is 0.236 e. The highest BCUT2D eigenvalue weighted by Crippen LogP contribution is 2.25. The van der Waals surface area contributed by atoms with Gasteiger partial charge in [0, 0.05) is 32.2 Å². The van der Waals surface area contributed by atoms with Crippen LogP contribution in [0.3, 0.4) is 0 Å². The normalized spacial score (nSPS) is 24.4. The predicted octanol–water partition coefficient (Wildman–Crippen LogP) is 1.71. The van der Waals surface area contributed by atoms with Crippen molar-refractivity contribution in [2.75, 3.05) is 39.8 Å². The maximum absolute atomic E-state index is 12.2. The van der Waals surface area contributed by atoms with Crippen LogP contribution in [-0.2, 0) is 4.79 Å². The Hall–Kier alpha value is -0.610. The van der Waals surface area contributed by atoms with Crippen molar-refractivity contribution in [2.24, 2.45) is 5.92 Å². The van der Waals surface area contributed by atoms with Crippen molar-refractivity contribution in [1.82, 2.24) is 15.1 Å². The number of rotatable bonds is 4. The number of piperazine rings is 1. The molecular weight excluding hydrogens is 250 g/mol. The molecule has 0 radical (unpaired) electrons. The molecule has 2 fully saturated rings. The monoisotopic (exact) mass is 281 g/mol. The molecule has 2 aliphatic rings. The van der Waals surface area contributed by atoms with Gasteiger partial charge in [-0.2, -0.15) is 0 Å². The Balaban J connectivity index is 1.69. The first kappa shape index (κ1) is 15.8. The number of carbonyl (C=O) groups excluding carboxylic acids is 1. The van der Waals surface area contributed by atoms with Gasteiger partial charge in [0.25, 0.3) is 0 Å². The second kappa shape index (κ2) is 7.99. The van der Waals surface area contributed by atoms with Gasteiger partial charge in [-0.1, -0.05) is 25.7 Å². The molecule has 0 bridgehead atoms. The summed E-state index contributed by atoms with van der Waals surface area (Å²) < 4.78 is 0. The van der Waals surface area contributed by atoms with Gasteiger partial charge in [0.1, 0.15) is 0 Å². The van der Waals surface area contributed by atoms with Gasteiger partial charge >= 0.3 is 0 Å². The average molecular weight is 281 g/mol. The minimum atomic E-state index is 0.276. The first-order chi connectivity index (χ1) is 9.66. The Morgan fingerprint density at radius 2 is 1.70 bits per heavy atom. The fourth-order valence-electron chi connectivity index (χ4n) is 3.39. The average Bonchev–Trinajstić information content (AvgIpc) is 2.74. The topological polar surface area (TPSA) is 35.6 Å². The van der Waals surface area contributed by atoms with E-state index in [4.69, 9.17) is 0 Å². The molecule has 0 aromatic carbocycles. The number of hydrogen-bond acceptors (Lipinski definition) is 3. The zero-order valence-corrected chi connectivity index (χ0v) is 13.2. The van der Waals surface area contributed by atoms with Crippen LogP contribution in [0.15, 0.2) is 0 Å². The van der Waals surface area contributed by atoms with Gasteiger partial charge in [-0.15, -0.1) is 0 Å². The molecular formula is C16H31N3O. The first-order valence-corrected chi connectivity index (χ1v) is 8.36. The Kier molecular flexibility index (Phi) is 6.30. The number of amides is 1. The van der Waals surface area contributed by atoms with E-state index in [9.17, 15) is 4.79 Å². The summed E-state index contributed by atoms with van der Waals surface area (Å²) in [5, 5.41) is 3.48. The van der Waals surface area contributed by atoms with Crippen LogP contribution in [0.5, 0.6) is 0 Å². The van der Waals surface area contributed by atoms with E-state index in [1.807, 2.05) is 4.90 Å². The second-order valence-corrected chi connectivity index (χ2v) is 6.61. The summed E-state index contributed by atoms with van der Waals surface area (Å²) in [6.45, 7) is 6.55. The SMILES string of the molecule is C[C@H](NCC(=O)N1CCN(C)CC1)C1CCCCCC1. The van der Waals surface area contributed by atoms with Crippen LogP contribution in [0.2, 0.25) is 0 Å². The number of nitrogens with one attached hydrogen (secondary N) is 1. The summed E-state index contributed by atoms with van der Waals surface area (Å²) in [5.74, 6) is 1.04. The molecule has 2 rings (SSSR count). The van der Waals surface area contributed by atoms with E-state index in [-0.39, 0.29) is 5.91 Å². The molecule has 0 spiro atoms. The lowest BCUT2D eigenvalue weighted by molar-refractivity contribution is -0.132. The highest BCUT2D eigenvalue weighted by atomic mass is 16.2.